The fourth-order valence-electron chi connectivity index (χ4n) is 7.61. The number of phenols is 1. The lowest BCUT2D eigenvalue weighted by Gasteiger charge is -2.44. The number of anilines is 1. The molecule has 0 aromatic heterocycles. The number of phenolic OH excluding ortho intramolecular Hbond substituents is 1. The summed E-state index contributed by atoms with van der Waals surface area (Å²) in [6.45, 7) is 3.17. The Morgan fingerprint density at radius 2 is 1.64 bits per heavy atom. The van der Waals surface area contributed by atoms with E-state index in [1.165, 1.54) is 7.11 Å². The van der Waals surface area contributed by atoms with Crippen molar-refractivity contribution >= 4 is 45.8 Å². The average molecular weight is 757 g/mol. The van der Waals surface area contributed by atoms with Gasteiger partial charge in [0.25, 0.3) is 5.91 Å². The highest BCUT2D eigenvalue weighted by Crippen LogP contribution is 2.29. The van der Waals surface area contributed by atoms with Gasteiger partial charge in [0.1, 0.15) is 5.75 Å². The van der Waals surface area contributed by atoms with Gasteiger partial charge in [-0.15, -0.1) is 0 Å². The topological polar surface area (TPSA) is 141 Å². The van der Waals surface area contributed by atoms with Gasteiger partial charge in [-0.1, -0.05) is 24.3 Å². The SMILES string of the molecule is COC(=O)O[C@H]1CCCCN1C1CCN(C(=O)[C@@H](Cc2ccc(O)c(Br)c2)OC(=O)N2CCC(N3CCc4ccccc4NC3=O)CC2)CC1. The van der Waals surface area contributed by atoms with E-state index in [2.05, 4.69) is 26.1 Å². The highest BCUT2D eigenvalue weighted by molar-refractivity contribution is 9.10. The molecular weight excluding hydrogens is 710 g/mol. The van der Waals surface area contributed by atoms with Crippen molar-refractivity contribution in [1.82, 2.24) is 19.6 Å². The maximum Gasteiger partial charge on any atom is 0.509 e. The van der Waals surface area contributed by atoms with E-state index in [0.29, 0.717) is 62.9 Å². The van der Waals surface area contributed by atoms with Crippen LogP contribution in [-0.4, -0.2) is 120 Å². The molecule has 2 atom stereocenters. The second-order valence-electron chi connectivity index (χ2n) is 13.4. The number of ether oxygens (including phenoxy) is 3. The Hall–Kier alpha value is -4.04. The lowest BCUT2D eigenvalue weighted by molar-refractivity contribution is -0.144. The van der Waals surface area contributed by atoms with Crippen LogP contribution in [0.2, 0.25) is 0 Å². The molecule has 2 N–H and O–H groups in total. The normalized spacial score (nSPS) is 21.4. The first kappa shape index (κ1) is 35.8. The predicted molar refractivity (Wildman–Crippen MR) is 188 cm³/mol. The Bertz CT molecular complexity index is 1540. The van der Waals surface area contributed by atoms with Gasteiger partial charge in [-0.25, -0.2) is 14.4 Å². The zero-order chi connectivity index (χ0) is 35.2. The monoisotopic (exact) mass is 755 g/mol. The van der Waals surface area contributed by atoms with Crippen molar-refractivity contribution < 1.29 is 38.5 Å². The third-order valence-electron chi connectivity index (χ3n) is 10.4. The Labute approximate surface area is 300 Å². The third-order valence-corrected chi connectivity index (χ3v) is 11.0. The first-order chi connectivity index (χ1) is 24.2. The van der Waals surface area contributed by atoms with Gasteiger partial charge in [-0.05, 0) is 96.6 Å². The molecule has 2 aromatic rings. The van der Waals surface area contributed by atoms with Gasteiger partial charge >= 0.3 is 18.3 Å². The molecule has 0 saturated carbocycles. The van der Waals surface area contributed by atoms with Crippen molar-refractivity contribution in [2.75, 3.05) is 51.7 Å². The van der Waals surface area contributed by atoms with Crippen molar-refractivity contribution in [3.8, 4) is 5.75 Å². The quantitative estimate of drug-likeness (QED) is 0.358. The van der Waals surface area contributed by atoms with Gasteiger partial charge in [0.05, 0.1) is 11.6 Å². The maximum atomic E-state index is 14.0. The molecule has 4 amide bonds. The number of likely N-dealkylation sites (tertiary alicyclic amines) is 3. The summed E-state index contributed by atoms with van der Waals surface area (Å²) < 4.78 is 16.8. The van der Waals surface area contributed by atoms with Crippen molar-refractivity contribution in [1.29, 1.82) is 0 Å². The minimum Gasteiger partial charge on any atom is -0.507 e. The Kier molecular flexibility index (Phi) is 11.7. The first-order valence-corrected chi connectivity index (χ1v) is 18.4. The summed E-state index contributed by atoms with van der Waals surface area (Å²) >= 11 is 3.35. The fourth-order valence-corrected chi connectivity index (χ4v) is 8.04. The van der Waals surface area contributed by atoms with Crippen molar-refractivity contribution in [2.24, 2.45) is 0 Å². The van der Waals surface area contributed by atoms with E-state index in [4.69, 9.17) is 14.2 Å². The third kappa shape index (κ3) is 8.45. The molecule has 0 spiro atoms. The molecule has 3 fully saturated rings. The van der Waals surface area contributed by atoms with Gasteiger partial charge in [0, 0.05) is 63.5 Å². The number of nitrogens with zero attached hydrogens (tertiary/aromatic N) is 4. The number of carbonyl (C=O) groups is 4. The number of benzene rings is 2. The molecule has 0 aliphatic carbocycles. The van der Waals surface area contributed by atoms with E-state index < -0.39 is 18.4 Å². The maximum absolute atomic E-state index is 14.0. The second kappa shape index (κ2) is 16.3. The van der Waals surface area contributed by atoms with E-state index in [9.17, 15) is 24.3 Å². The zero-order valence-electron chi connectivity index (χ0n) is 28.4. The van der Waals surface area contributed by atoms with Gasteiger partial charge in [-0.2, -0.15) is 0 Å². The van der Waals surface area contributed by atoms with Crippen LogP contribution in [0.4, 0.5) is 20.1 Å². The number of hydrogen-bond donors (Lipinski definition) is 2. The summed E-state index contributed by atoms with van der Waals surface area (Å²) in [7, 11) is 1.30. The van der Waals surface area contributed by atoms with Crippen LogP contribution in [0.3, 0.4) is 0 Å². The van der Waals surface area contributed by atoms with E-state index in [1.54, 1.807) is 28.0 Å². The van der Waals surface area contributed by atoms with Crippen LogP contribution < -0.4 is 5.32 Å². The number of rotatable bonds is 7. The van der Waals surface area contributed by atoms with Crippen LogP contribution >= 0.6 is 15.9 Å². The lowest BCUT2D eigenvalue weighted by Crippen LogP contribution is -2.55. The van der Waals surface area contributed by atoms with E-state index in [1.807, 2.05) is 29.2 Å². The van der Waals surface area contributed by atoms with Crippen LogP contribution in [0, 0.1) is 0 Å². The van der Waals surface area contributed by atoms with Gasteiger partial charge < -0.3 is 39.3 Å². The number of urea groups is 1. The number of nitrogens with one attached hydrogen (secondary N) is 1. The summed E-state index contributed by atoms with van der Waals surface area (Å²) in [6, 6.07) is 12.8. The Morgan fingerprint density at radius 1 is 0.920 bits per heavy atom. The molecule has 4 heterocycles. The molecule has 0 radical (unpaired) electrons. The molecule has 6 rings (SSSR count). The van der Waals surface area contributed by atoms with Crippen molar-refractivity contribution in [2.45, 2.75) is 82.2 Å². The minimum atomic E-state index is -1.06. The van der Waals surface area contributed by atoms with Crippen LogP contribution in [0.1, 0.15) is 56.1 Å². The second-order valence-corrected chi connectivity index (χ2v) is 14.3. The number of carbonyl (C=O) groups excluding carboxylic acids is 4. The molecule has 4 aliphatic heterocycles. The van der Waals surface area contributed by atoms with Crippen LogP contribution in [0.25, 0.3) is 0 Å². The smallest absolute Gasteiger partial charge is 0.507 e. The summed E-state index contributed by atoms with van der Waals surface area (Å²) in [5, 5.41) is 13.1. The number of aromatic hydroxyl groups is 1. The van der Waals surface area contributed by atoms with E-state index in [0.717, 1.165) is 49.0 Å². The van der Waals surface area contributed by atoms with Crippen LogP contribution in [-0.2, 0) is 31.8 Å². The van der Waals surface area contributed by atoms with Crippen LogP contribution in [0.15, 0.2) is 46.9 Å². The molecule has 14 heteroatoms. The zero-order valence-corrected chi connectivity index (χ0v) is 30.0. The molecule has 0 unspecified atom stereocenters. The molecule has 50 heavy (non-hydrogen) atoms. The number of hydrogen-bond acceptors (Lipinski definition) is 9. The number of piperidine rings is 3. The van der Waals surface area contributed by atoms with Crippen LogP contribution in [0.5, 0.6) is 5.75 Å². The highest BCUT2D eigenvalue weighted by Gasteiger charge is 2.38. The first-order valence-electron chi connectivity index (χ1n) is 17.6. The molecular formula is C36H46BrN5O8. The van der Waals surface area contributed by atoms with Crippen molar-refractivity contribution in [3.63, 3.8) is 0 Å². The molecule has 4 aliphatic rings. The molecule has 270 valence electrons. The number of halogens is 1. The summed E-state index contributed by atoms with van der Waals surface area (Å²) in [5.74, 6) is -0.189. The largest absolute Gasteiger partial charge is 0.509 e. The number of fused-ring (bicyclic) bond motifs is 1. The summed E-state index contributed by atoms with van der Waals surface area (Å²) in [6.07, 6.45) is 3.56. The summed E-state index contributed by atoms with van der Waals surface area (Å²) in [4.78, 5) is 60.1. The molecule has 0 bridgehead atoms. The predicted octanol–water partition coefficient (Wildman–Crippen LogP) is 5.34. The highest BCUT2D eigenvalue weighted by atomic mass is 79.9. The summed E-state index contributed by atoms with van der Waals surface area (Å²) in [5.41, 5.74) is 2.68. The number of amides is 4. The number of para-hydroxylation sites is 1. The van der Waals surface area contributed by atoms with E-state index >= 15 is 0 Å². The lowest BCUT2D eigenvalue weighted by atomic mass is 9.98. The molecule has 3 saturated heterocycles. The Balaban J connectivity index is 1.07. The average Bonchev–Trinajstić information content (AvgIpc) is 3.30. The Morgan fingerprint density at radius 3 is 2.38 bits per heavy atom. The standard InChI is InChI=1S/C36H46BrN5O8/c1-48-36(47)50-32-8-4-5-16-41(32)26-12-17-39(18-13-26)33(44)31(23-24-9-10-30(43)28(37)22-24)49-35(46)40-19-14-27(15-20-40)42-21-11-25-6-2-3-7-29(25)38-34(42)45/h2-3,6-7,9-10,22,26-27,31-32,43H,4-5,8,11-21,23H2,1H3,(H,38,45)/t31-,32+/m1/s1. The minimum absolute atomic E-state index is 0.0149. The fraction of sp³-hybridized carbons (Fsp3) is 0.556. The number of methoxy groups -OCH3 is 1. The van der Waals surface area contributed by atoms with E-state index in [-0.39, 0.29) is 42.4 Å². The van der Waals surface area contributed by atoms with Gasteiger partial charge in [0.2, 0.25) is 0 Å². The van der Waals surface area contributed by atoms with Crippen molar-refractivity contribution in [3.05, 3.63) is 58.1 Å². The van der Waals surface area contributed by atoms with Gasteiger partial charge in [-0.3, -0.25) is 9.69 Å². The molecule has 2 aromatic carbocycles. The van der Waals surface area contributed by atoms with Gasteiger partial charge in [0.15, 0.2) is 12.3 Å². The molecule has 13 nitrogen and oxygen atoms in total.